The van der Waals surface area contributed by atoms with Crippen molar-refractivity contribution in [2.75, 3.05) is 0 Å². The second-order valence-corrected chi connectivity index (χ2v) is 5.52. The molecule has 1 heterocycles. The Hall–Kier alpha value is -1.16. The molecule has 0 saturated carbocycles. The Labute approximate surface area is 110 Å². The van der Waals surface area contributed by atoms with E-state index < -0.39 is 5.60 Å². The van der Waals surface area contributed by atoms with Gasteiger partial charge in [0.05, 0.1) is 11.4 Å². The number of pyridine rings is 1. The first-order chi connectivity index (χ1) is 7.78. The molecule has 0 amide bonds. The van der Waals surface area contributed by atoms with Gasteiger partial charge in [0.15, 0.2) is 0 Å². The van der Waals surface area contributed by atoms with E-state index >= 15 is 0 Å². The summed E-state index contributed by atoms with van der Waals surface area (Å²) in [4.78, 5) is 15.7. The second-order valence-electron chi connectivity index (χ2n) is 4.67. The molecule has 0 aliphatic heterocycles. The number of hydrogen-bond acceptors (Lipinski definition) is 3. The molecule has 0 bridgehead atoms. The van der Waals surface area contributed by atoms with Crippen LogP contribution in [-0.4, -0.2) is 16.6 Å². The number of hydrogen-bond donors (Lipinski definition) is 0. The van der Waals surface area contributed by atoms with E-state index in [1.807, 2.05) is 39.8 Å². The number of aryl methyl sites for hydroxylation is 1. The Kier molecular flexibility index (Phi) is 4.46. The maximum atomic E-state index is 11.4. The van der Waals surface area contributed by atoms with E-state index in [0.717, 1.165) is 15.9 Å². The number of nitrogens with zero attached hydrogens (tertiary/aromatic N) is 1. The molecule has 17 heavy (non-hydrogen) atoms. The lowest BCUT2D eigenvalue weighted by molar-refractivity contribution is -0.148. The van der Waals surface area contributed by atoms with E-state index in [4.69, 9.17) is 4.74 Å². The summed E-state index contributed by atoms with van der Waals surface area (Å²) in [6.45, 7) is 7.40. The zero-order valence-corrected chi connectivity index (χ0v) is 12.0. The van der Waals surface area contributed by atoms with Gasteiger partial charge in [-0.3, -0.25) is 4.98 Å². The van der Waals surface area contributed by atoms with E-state index in [-0.39, 0.29) is 5.97 Å². The summed E-state index contributed by atoms with van der Waals surface area (Å²) in [5, 5.41) is 0. The molecule has 0 aliphatic rings. The molecule has 4 heteroatoms. The Bertz CT molecular complexity index is 447. The first-order valence-electron chi connectivity index (χ1n) is 5.32. The van der Waals surface area contributed by atoms with Crippen LogP contribution in [0.3, 0.4) is 0 Å². The predicted octanol–water partition coefficient (Wildman–Crippen LogP) is 3.51. The van der Waals surface area contributed by atoms with Crippen molar-refractivity contribution in [1.29, 1.82) is 0 Å². The lowest BCUT2D eigenvalue weighted by atomic mass is 10.2. The fraction of sp³-hybridized carbons (Fsp3) is 0.385. The lowest BCUT2D eigenvalue weighted by Gasteiger charge is -2.17. The molecule has 1 rings (SSSR count). The van der Waals surface area contributed by atoms with Crippen LogP contribution in [-0.2, 0) is 9.53 Å². The number of ether oxygens (including phenoxy) is 1. The minimum atomic E-state index is -0.468. The summed E-state index contributed by atoms with van der Waals surface area (Å²) in [7, 11) is 0. The maximum absolute atomic E-state index is 11.4. The number of rotatable bonds is 2. The van der Waals surface area contributed by atoms with Crippen molar-refractivity contribution in [1.82, 2.24) is 4.98 Å². The van der Waals surface area contributed by atoms with Crippen LogP contribution in [0, 0.1) is 6.92 Å². The van der Waals surface area contributed by atoms with Crippen LogP contribution in [0.4, 0.5) is 0 Å². The van der Waals surface area contributed by atoms with Crippen molar-refractivity contribution in [3.05, 3.63) is 34.1 Å². The second kappa shape index (κ2) is 5.45. The Morgan fingerprint density at radius 3 is 2.59 bits per heavy atom. The number of carbonyl (C=O) groups excluding carboxylic acids is 1. The van der Waals surface area contributed by atoms with Crippen LogP contribution in [0.5, 0.6) is 0 Å². The molecule has 3 nitrogen and oxygen atoms in total. The Morgan fingerprint density at radius 2 is 2.06 bits per heavy atom. The van der Waals surface area contributed by atoms with Gasteiger partial charge in [-0.1, -0.05) is 0 Å². The molecule has 0 spiro atoms. The number of esters is 1. The zero-order valence-electron chi connectivity index (χ0n) is 10.5. The lowest BCUT2D eigenvalue weighted by Crippen LogP contribution is -2.22. The van der Waals surface area contributed by atoms with Gasteiger partial charge < -0.3 is 4.74 Å². The van der Waals surface area contributed by atoms with Crippen molar-refractivity contribution < 1.29 is 9.53 Å². The highest BCUT2D eigenvalue weighted by molar-refractivity contribution is 9.10. The van der Waals surface area contributed by atoms with Crippen molar-refractivity contribution in [2.45, 2.75) is 33.3 Å². The van der Waals surface area contributed by atoms with Gasteiger partial charge in [0.25, 0.3) is 0 Å². The summed E-state index contributed by atoms with van der Waals surface area (Å²) in [6, 6.07) is 3.73. The summed E-state index contributed by atoms with van der Waals surface area (Å²) in [5.74, 6) is -0.361. The molecular formula is C13H16BrNO2. The van der Waals surface area contributed by atoms with Crippen molar-refractivity contribution in [2.24, 2.45) is 0 Å². The normalized spacial score (nSPS) is 11.8. The molecule has 1 aromatic heterocycles. The van der Waals surface area contributed by atoms with E-state index in [9.17, 15) is 4.79 Å². The third kappa shape index (κ3) is 5.13. The number of halogens is 1. The van der Waals surface area contributed by atoms with Crippen LogP contribution in [0.25, 0.3) is 6.08 Å². The van der Waals surface area contributed by atoms with Gasteiger partial charge in [-0.15, -0.1) is 0 Å². The van der Waals surface area contributed by atoms with E-state index in [1.54, 1.807) is 6.08 Å². The molecule has 0 aromatic carbocycles. The van der Waals surface area contributed by atoms with Crippen LogP contribution < -0.4 is 0 Å². The largest absolute Gasteiger partial charge is 0.457 e. The third-order valence-electron chi connectivity index (χ3n) is 1.84. The van der Waals surface area contributed by atoms with Gasteiger partial charge in [0.1, 0.15) is 5.60 Å². The van der Waals surface area contributed by atoms with E-state index in [2.05, 4.69) is 20.9 Å². The van der Waals surface area contributed by atoms with Crippen molar-refractivity contribution in [3.8, 4) is 0 Å². The molecule has 1 aromatic rings. The van der Waals surface area contributed by atoms with E-state index in [0.29, 0.717) is 0 Å². The highest BCUT2D eigenvalue weighted by Crippen LogP contribution is 2.14. The summed E-state index contributed by atoms with van der Waals surface area (Å²) >= 11 is 3.37. The topological polar surface area (TPSA) is 39.2 Å². The van der Waals surface area contributed by atoms with Gasteiger partial charge >= 0.3 is 5.97 Å². The third-order valence-corrected chi connectivity index (χ3v) is 2.68. The SMILES string of the molecule is Cc1nc(/C=C/C(=O)OC(C)(C)C)ccc1Br. The molecule has 0 saturated heterocycles. The fourth-order valence-corrected chi connectivity index (χ4v) is 1.37. The van der Waals surface area contributed by atoms with Crippen LogP contribution in [0.2, 0.25) is 0 Å². The zero-order chi connectivity index (χ0) is 13.1. The minimum Gasteiger partial charge on any atom is -0.457 e. The Balaban J connectivity index is 2.71. The summed E-state index contributed by atoms with van der Waals surface area (Å²) in [5.41, 5.74) is 1.15. The standard InChI is InChI=1S/C13H16BrNO2/c1-9-11(14)7-5-10(15-9)6-8-12(16)17-13(2,3)4/h5-8H,1-4H3/b8-6+. The average Bonchev–Trinajstić information content (AvgIpc) is 2.17. The fourth-order valence-electron chi connectivity index (χ4n) is 1.15. The van der Waals surface area contributed by atoms with Gasteiger partial charge in [0.2, 0.25) is 0 Å². The maximum Gasteiger partial charge on any atom is 0.331 e. The number of aromatic nitrogens is 1. The summed E-state index contributed by atoms with van der Waals surface area (Å²) < 4.78 is 6.10. The first-order valence-corrected chi connectivity index (χ1v) is 6.11. The minimum absolute atomic E-state index is 0.361. The Morgan fingerprint density at radius 1 is 1.41 bits per heavy atom. The molecule has 92 valence electrons. The molecule has 0 N–H and O–H groups in total. The highest BCUT2D eigenvalue weighted by Gasteiger charge is 2.13. The van der Waals surface area contributed by atoms with Gasteiger partial charge in [-0.05, 0) is 61.8 Å². The summed E-state index contributed by atoms with van der Waals surface area (Å²) in [6.07, 6.45) is 3.04. The molecular weight excluding hydrogens is 282 g/mol. The van der Waals surface area contributed by atoms with Gasteiger partial charge in [-0.2, -0.15) is 0 Å². The average molecular weight is 298 g/mol. The van der Waals surface area contributed by atoms with Crippen LogP contribution in [0.1, 0.15) is 32.2 Å². The van der Waals surface area contributed by atoms with Crippen LogP contribution in [0.15, 0.2) is 22.7 Å². The van der Waals surface area contributed by atoms with Gasteiger partial charge in [0, 0.05) is 10.5 Å². The predicted molar refractivity (Wildman–Crippen MR) is 71.6 cm³/mol. The quantitative estimate of drug-likeness (QED) is 0.619. The monoisotopic (exact) mass is 297 g/mol. The number of carbonyl (C=O) groups is 1. The molecule has 0 radical (unpaired) electrons. The molecule has 0 atom stereocenters. The van der Waals surface area contributed by atoms with E-state index in [1.165, 1.54) is 6.08 Å². The first kappa shape index (κ1) is 13.9. The molecule has 0 unspecified atom stereocenters. The van der Waals surface area contributed by atoms with Crippen molar-refractivity contribution >= 4 is 28.0 Å². The smallest absolute Gasteiger partial charge is 0.331 e. The van der Waals surface area contributed by atoms with Gasteiger partial charge in [-0.25, -0.2) is 4.79 Å². The highest BCUT2D eigenvalue weighted by atomic mass is 79.9. The van der Waals surface area contributed by atoms with Crippen molar-refractivity contribution in [3.63, 3.8) is 0 Å². The molecule has 0 aliphatic carbocycles. The molecule has 0 fully saturated rings. The van der Waals surface area contributed by atoms with Crippen LogP contribution >= 0.6 is 15.9 Å².